The summed E-state index contributed by atoms with van der Waals surface area (Å²) in [6.45, 7) is 0. The topological polar surface area (TPSA) is 80.4 Å². The molecule has 0 atom stereocenters. The number of rotatable bonds is 3. The van der Waals surface area contributed by atoms with Crippen molar-refractivity contribution in [3.63, 3.8) is 0 Å². The van der Waals surface area contributed by atoms with Gasteiger partial charge in [0.05, 0.1) is 5.56 Å². The lowest BCUT2D eigenvalue weighted by molar-refractivity contribution is 0.0815. The second-order valence-electron chi connectivity index (χ2n) is 3.77. The Morgan fingerprint density at radius 2 is 1.56 bits per heavy atom. The molecule has 90 valence electrons. The summed E-state index contributed by atoms with van der Waals surface area (Å²) >= 11 is 0. The summed E-state index contributed by atoms with van der Waals surface area (Å²) in [4.78, 5) is 23.9. The van der Waals surface area contributed by atoms with Crippen molar-refractivity contribution in [1.29, 1.82) is 0 Å². The van der Waals surface area contributed by atoms with Gasteiger partial charge in [-0.2, -0.15) is 0 Å². The maximum atomic E-state index is 12.0. The van der Waals surface area contributed by atoms with Gasteiger partial charge in [-0.1, -0.05) is 36.4 Å². The highest BCUT2D eigenvalue weighted by molar-refractivity contribution is 6.50. The maximum Gasteiger partial charge on any atom is 0.239 e. The van der Waals surface area contributed by atoms with Crippen LogP contribution in [0.3, 0.4) is 0 Å². The first-order chi connectivity index (χ1) is 8.61. The molecule has 0 saturated heterocycles. The Hall–Kier alpha value is -2.62. The summed E-state index contributed by atoms with van der Waals surface area (Å²) in [6.07, 6.45) is 0. The summed E-state index contributed by atoms with van der Waals surface area (Å²) < 4.78 is 0. The molecule has 0 unspecified atom stereocenters. The van der Waals surface area contributed by atoms with Gasteiger partial charge in [0.15, 0.2) is 0 Å². The molecule has 2 aromatic rings. The van der Waals surface area contributed by atoms with Gasteiger partial charge in [0, 0.05) is 11.3 Å². The summed E-state index contributed by atoms with van der Waals surface area (Å²) in [5.41, 5.74) is 5.81. The molecule has 4 heteroatoms. The standard InChI is InChI=1S/C14H11NO3/c15-10-7-4-8-11(16)12(10)14(18)13(17)9-5-2-1-3-6-9/h1-8,16H,15H2. The number of phenols is 1. The van der Waals surface area contributed by atoms with Gasteiger partial charge in [-0.05, 0) is 12.1 Å². The molecule has 0 spiro atoms. The molecule has 0 saturated carbocycles. The zero-order valence-electron chi connectivity index (χ0n) is 9.46. The zero-order chi connectivity index (χ0) is 13.1. The summed E-state index contributed by atoms with van der Waals surface area (Å²) in [6, 6.07) is 12.4. The third kappa shape index (κ3) is 2.08. The number of Topliss-reactive ketones (excluding diaryl/α,β-unsaturated/α-hetero) is 2. The third-order valence-corrected chi connectivity index (χ3v) is 2.54. The summed E-state index contributed by atoms with van der Waals surface area (Å²) in [7, 11) is 0. The van der Waals surface area contributed by atoms with E-state index in [2.05, 4.69) is 0 Å². The molecule has 18 heavy (non-hydrogen) atoms. The lowest BCUT2D eigenvalue weighted by Gasteiger charge is -2.06. The molecule has 0 heterocycles. The summed E-state index contributed by atoms with van der Waals surface area (Å²) in [5, 5.41) is 9.60. The van der Waals surface area contributed by atoms with Crippen LogP contribution in [0.25, 0.3) is 0 Å². The van der Waals surface area contributed by atoms with Crippen LogP contribution >= 0.6 is 0 Å². The molecule has 0 fully saturated rings. The average molecular weight is 241 g/mol. The van der Waals surface area contributed by atoms with Crippen molar-refractivity contribution in [2.24, 2.45) is 0 Å². The number of nitrogen functional groups attached to an aromatic ring is 1. The van der Waals surface area contributed by atoms with Crippen LogP contribution in [-0.2, 0) is 0 Å². The maximum absolute atomic E-state index is 12.0. The van der Waals surface area contributed by atoms with E-state index in [1.165, 1.54) is 30.3 Å². The van der Waals surface area contributed by atoms with Crippen LogP contribution < -0.4 is 5.73 Å². The Morgan fingerprint density at radius 3 is 2.17 bits per heavy atom. The second kappa shape index (κ2) is 4.71. The van der Waals surface area contributed by atoms with Gasteiger partial charge in [-0.15, -0.1) is 0 Å². The van der Waals surface area contributed by atoms with E-state index in [-0.39, 0.29) is 22.6 Å². The number of carbonyl (C=O) groups excluding carboxylic acids is 2. The van der Waals surface area contributed by atoms with Gasteiger partial charge in [-0.3, -0.25) is 9.59 Å². The van der Waals surface area contributed by atoms with E-state index in [9.17, 15) is 14.7 Å². The van der Waals surface area contributed by atoms with Crippen LogP contribution in [0.4, 0.5) is 5.69 Å². The number of nitrogens with two attached hydrogens (primary N) is 1. The van der Waals surface area contributed by atoms with E-state index >= 15 is 0 Å². The lowest BCUT2D eigenvalue weighted by atomic mass is 9.99. The molecule has 0 aromatic heterocycles. The number of aromatic hydroxyl groups is 1. The molecule has 0 aliphatic rings. The highest BCUT2D eigenvalue weighted by Crippen LogP contribution is 2.24. The molecule has 3 N–H and O–H groups in total. The van der Waals surface area contributed by atoms with E-state index in [1.807, 2.05) is 0 Å². The van der Waals surface area contributed by atoms with Crippen LogP contribution in [0.1, 0.15) is 20.7 Å². The van der Waals surface area contributed by atoms with Gasteiger partial charge in [-0.25, -0.2) is 0 Å². The zero-order valence-corrected chi connectivity index (χ0v) is 9.46. The van der Waals surface area contributed by atoms with E-state index in [0.717, 1.165) is 0 Å². The first-order valence-electron chi connectivity index (χ1n) is 5.33. The first-order valence-corrected chi connectivity index (χ1v) is 5.33. The Balaban J connectivity index is 2.41. The Kier molecular flexibility index (Phi) is 3.10. The third-order valence-electron chi connectivity index (χ3n) is 2.54. The fourth-order valence-corrected chi connectivity index (χ4v) is 1.64. The minimum atomic E-state index is -0.809. The number of benzene rings is 2. The van der Waals surface area contributed by atoms with Crippen LogP contribution in [0.5, 0.6) is 5.75 Å². The van der Waals surface area contributed by atoms with Crippen LogP contribution in [0, 0.1) is 0 Å². The minimum absolute atomic E-state index is 0.0873. The van der Waals surface area contributed by atoms with Gasteiger partial charge in [0.25, 0.3) is 0 Å². The molecular formula is C14H11NO3. The average Bonchev–Trinajstić information content (AvgIpc) is 2.38. The van der Waals surface area contributed by atoms with Crippen molar-refractivity contribution in [2.75, 3.05) is 5.73 Å². The smallest absolute Gasteiger partial charge is 0.239 e. The fourth-order valence-electron chi connectivity index (χ4n) is 1.64. The summed E-state index contributed by atoms with van der Waals surface area (Å²) in [5.74, 6) is -1.79. The lowest BCUT2D eigenvalue weighted by Crippen LogP contribution is -2.16. The molecule has 0 bridgehead atoms. The number of ketones is 2. The number of hydrogen-bond acceptors (Lipinski definition) is 4. The second-order valence-corrected chi connectivity index (χ2v) is 3.77. The van der Waals surface area contributed by atoms with Crippen LogP contribution in [0.2, 0.25) is 0 Å². The monoisotopic (exact) mass is 241 g/mol. The van der Waals surface area contributed by atoms with E-state index < -0.39 is 11.6 Å². The number of anilines is 1. The SMILES string of the molecule is Nc1cccc(O)c1C(=O)C(=O)c1ccccc1. The van der Waals surface area contributed by atoms with Crippen LogP contribution in [0.15, 0.2) is 48.5 Å². The van der Waals surface area contributed by atoms with Crippen molar-refractivity contribution < 1.29 is 14.7 Å². The van der Waals surface area contributed by atoms with Gasteiger partial charge >= 0.3 is 0 Å². The van der Waals surface area contributed by atoms with Crippen molar-refractivity contribution >= 4 is 17.3 Å². The number of hydrogen-bond donors (Lipinski definition) is 2. The highest BCUT2D eigenvalue weighted by Gasteiger charge is 2.23. The van der Waals surface area contributed by atoms with E-state index in [0.29, 0.717) is 0 Å². The van der Waals surface area contributed by atoms with E-state index in [4.69, 9.17) is 5.73 Å². The Bertz CT molecular complexity index is 585. The van der Waals surface area contributed by atoms with Crippen LogP contribution in [-0.4, -0.2) is 16.7 Å². The van der Waals surface area contributed by atoms with Crippen molar-refractivity contribution in [1.82, 2.24) is 0 Å². The van der Waals surface area contributed by atoms with Gasteiger partial charge < -0.3 is 10.8 Å². The van der Waals surface area contributed by atoms with E-state index in [1.54, 1.807) is 18.2 Å². The predicted octanol–water partition coefficient (Wildman–Crippen LogP) is 2.04. The molecule has 4 nitrogen and oxygen atoms in total. The fraction of sp³-hybridized carbons (Fsp3) is 0. The van der Waals surface area contributed by atoms with Crippen molar-refractivity contribution in [3.8, 4) is 5.75 Å². The quantitative estimate of drug-likeness (QED) is 0.489. The number of phenolic OH excluding ortho intramolecular Hbond substituents is 1. The van der Waals surface area contributed by atoms with Gasteiger partial charge in [0.1, 0.15) is 5.75 Å². The molecule has 0 amide bonds. The normalized spacial score (nSPS) is 10.0. The first kappa shape index (κ1) is 11.9. The molecule has 0 radical (unpaired) electrons. The molecule has 2 aromatic carbocycles. The number of carbonyl (C=O) groups is 2. The molecular weight excluding hydrogens is 230 g/mol. The van der Waals surface area contributed by atoms with Crippen molar-refractivity contribution in [2.45, 2.75) is 0 Å². The Labute approximate surface area is 104 Å². The minimum Gasteiger partial charge on any atom is -0.507 e. The molecule has 2 rings (SSSR count). The predicted molar refractivity (Wildman–Crippen MR) is 67.6 cm³/mol. The Morgan fingerprint density at radius 1 is 0.889 bits per heavy atom. The molecule has 0 aliphatic carbocycles. The van der Waals surface area contributed by atoms with Crippen molar-refractivity contribution in [3.05, 3.63) is 59.7 Å². The van der Waals surface area contributed by atoms with Gasteiger partial charge in [0.2, 0.25) is 11.6 Å². The molecule has 0 aliphatic heterocycles. The highest BCUT2D eigenvalue weighted by atomic mass is 16.3. The largest absolute Gasteiger partial charge is 0.507 e.